The highest BCUT2D eigenvalue weighted by Gasteiger charge is 2.13. The zero-order chi connectivity index (χ0) is 16.3. The van der Waals surface area contributed by atoms with Crippen molar-refractivity contribution in [3.05, 3.63) is 35.5 Å². The average molecular weight is 301 g/mol. The lowest BCUT2D eigenvalue weighted by Gasteiger charge is -2.18. The van der Waals surface area contributed by atoms with Gasteiger partial charge in [-0.1, -0.05) is 39.0 Å². The van der Waals surface area contributed by atoms with Crippen molar-refractivity contribution in [3.8, 4) is 0 Å². The van der Waals surface area contributed by atoms with Crippen LogP contribution in [0.25, 0.3) is 10.9 Å². The van der Waals surface area contributed by atoms with Crippen LogP contribution >= 0.6 is 0 Å². The summed E-state index contributed by atoms with van der Waals surface area (Å²) in [6.45, 7) is 9.76. The van der Waals surface area contributed by atoms with Crippen LogP contribution in [-0.4, -0.2) is 23.7 Å². The summed E-state index contributed by atoms with van der Waals surface area (Å²) in [7, 11) is 2.09. The van der Waals surface area contributed by atoms with E-state index in [0.717, 1.165) is 6.42 Å². The van der Waals surface area contributed by atoms with Crippen molar-refractivity contribution in [3.63, 3.8) is 0 Å². The van der Waals surface area contributed by atoms with E-state index in [4.69, 9.17) is 0 Å². The molecule has 2 aromatic rings. The molecule has 0 unspecified atom stereocenters. The number of urea groups is 1. The lowest BCUT2D eigenvalue weighted by atomic mass is 9.97. The smallest absolute Gasteiger partial charge is 0.314 e. The van der Waals surface area contributed by atoms with E-state index in [9.17, 15) is 4.79 Å². The maximum Gasteiger partial charge on any atom is 0.314 e. The number of nitrogens with one attached hydrogen (secondary N) is 2. The minimum atomic E-state index is -0.0900. The minimum Gasteiger partial charge on any atom is -0.348 e. The lowest BCUT2D eigenvalue weighted by molar-refractivity contribution is 0.235. The number of aromatic nitrogens is 1. The number of fused-ring (bicyclic) bond motifs is 1. The van der Waals surface area contributed by atoms with Gasteiger partial charge >= 0.3 is 6.03 Å². The van der Waals surface area contributed by atoms with E-state index in [2.05, 4.69) is 74.2 Å². The van der Waals surface area contributed by atoms with E-state index in [-0.39, 0.29) is 11.4 Å². The maximum atomic E-state index is 11.8. The molecule has 2 N–H and O–H groups in total. The van der Waals surface area contributed by atoms with Crippen molar-refractivity contribution in [2.45, 2.75) is 34.1 Å². The van der Waals surface area contributed by atoms with Crippen molar-refractivity contribution in [1.29, 1.82) is 0 Å². The summed E-state index contributed by atoms with van der Waals surface area (Å²) in [6.07, 6.45) is 0.843. The molecule has 0 aliphatic rings. The quantitative estimate of drug-likeness (QED) is 0.893. The predicted octanol–water partition coefficient (Wildman–Crippen LogP) is 3.37. The van der Waals surface area contributed by atoms with Crippen molar-refractivity contribution < 1.29 is 4.79 Å². The van der Waals surface area contributed by atoms with Crippen LogP contribution in [0.4, 0.5) is 4.79 Å². The molecular weight excluding hydrogens is 274 g/mol. The van der Waals surface area contributed by atoms with Gasteiger partial charge in [0.25, 0.3) is 0 Å². The topological polar surface area (TPSA) is 46.1 Å². The van der Waals surface area contributed by atoms with Crippen molar-refractivity contribution in [1.82, 2.24) is 15.2 Å². The molecule has 2 amide bonds. The molecule has 0 atom stereocenters. The number of carbonyl (C=O) groups excluding carboxylic acids is 1. The van der Waals surface area contributed by atoms with Crippen LogP contribution in [-0.2, 0) is 13.5 Å². The molecule has 0 aliphatic carbocycles. The highest BCUT2D eigenvalue weighted by molar-refractivity contribution is 5.85. The average Bonchev–Trinajstić information content (AvgIpc) is 2.70. The van der Waals surface area contributed by atoms with Gasteiger partial charge in [-0.25, -0.2) is 4.79 Å². The first-order valence-corrected chi connectivity index (χ1v) is 7.84. The van der Waals surface area contributed by atoms with Crippen molar-refractivity contribution in [2.24, 2.45) is 12.5 Å². The van der Waals surface area contributed by atoms with Crippen molar-refractivity contribution >= 4 is 16.9 Å². The third kappa shape index (κ3) is 3.81. The van der Waals surface area contributed by atoms with Crippen molar-refractivity contribution in [2.75, 3.05) is 13.1 Å². The van der Waals surface area contributed by atoms with Gasteiger partial charge in [0.2, 0.25) is 0 Å². The summed E-state index contributed by atoms with van der Waals surface area (Å²) < 4.78 is 2.21. The number of carbonyl (C=O) groups is 1. The van der Waals surface area contributed by atoms with Crippen LogP contribution in [0.5, 0.6) is 0 Å². The Morgan fingerprint density at radius 3 is 2.55 bits per heavy atom. The SMILES string of the molecule is Cc1c(CCNC(=O)NCC(C)(C)C)c2ccccc2n1C. The monoisotopic (exact) mass is 301 g/mol. The molecule has 4 nitrogen and oxygen atoms in total. The number of rotatable bonds is 4. The molecule has 2 rings (SSSR count). The number of hydrogen-bond acceptors (Lipinski definition) is 1. The van der Waals surface area contributed by atoms with Gasteiger partial charge in [-0.15, -0.1) is 0 Å². The van der Waals surface area contributed by atoms with E-state index in [0.29, 0.717) is 13.1 Å². The van der Waals surface area contributed by atoms with E-state index < -0.39 is 0 Å². The van der Waals surface area contributed by atoms with E-state index in [1.165, 1.54) is 22.2 Å². The van der Waals surface area contributed by atoms with Gasteiger partial charge in [0.15, 0.2) is 0 Å². The summed E-state index contributed by atoms with van der Waals surface area (Å²) in [5, 5.41) is 7.13. The molecule has 4 heteroatoms. The Bertz CT molecular complexity index is 665. The third-order valence-corrected chi connectivity index (χ3v) is 3.97. The molecule has 22 heavy (non-hydrogen) atoms. The largest absolute Gasteiger partial charge is 0.348 e. The Morgan fingerprint density at radius 2 is 1.86 bits per heavy atom. The molecule has 0 fully saturated rings. The molecular formula is C18H27N3O. The summed E-state index contributed by atoms with van der Waals surface area (Å²) in [5.41, 5.74) is 3.92. The second-order valence-corrected chi connectivity index (χ2v) is 7.06. The first-order valence-electron chi connectivity index (χ1n) is 7.84. The van der Waals surface area contributed by atoms with E-state index >= 15 is 0 Å². The van der Waals surface area contributed by atoms with Crippen LogP contribution in [0, 0.1) is 12.3 Å². The Hall–Kier alpha value is -1.97. The van der Waals surface area contributed by atoms with Gasteiger partial charge in [-0.2, -0.15) is 0 Å². The number of amides is 2. The fourth-order valence-corrected chi connectivity index (χ4v) is 2.62. The predicted molar refractivity (Wildman–Crippen MR) is 92.2 cm³/mol. The Labute approximate surface area is 132 Å². The third-order valence-electron chi connectivity index (χ3n) is 3.97. The number of benzene rings is 1. The maximum absolute atomic E-state index is 11.8. The first kappa shape index (κ1) is 16.4. The fourth-order valence-electron chi connectivity index (χ4n) is 2.62. The first-order chi connectivity index (χ1) is 10.3. The zero-order valence-electron chi connectivity index (χ0n) is 14.3. The summed E-state index contributed by atoms with van der Waals surface area (Å²) >= 11 is 0. The highest BCUT2D eigenvalue weighted by atomic mass is 16.2. The highest BCUT2D eigenvalue weighted by Crippen LogP contribution is 2.24. The number of nitrogens with zero attached hydrogens (tertiary/aromatic N) is 1. The van der Waals surface area contributed by atoms with E-state index in [1.54, 1.807) is 0 Å². The fraction of sp³-hybridized carbons (Fsp3) is 0.500. The second kappa shape index (κ2) is 6.42. The summed E-state index contributed by atoms with van der Waals surface area (Å²) in [4.78, 5) is 11.8. The Morgan fingerprint density at radius 1 is 1.18 bits per heavy atom. The minimum absolute atomic E-state index is 0.0900. The van der Waals surface area contributed by atoms with Crippen LogP contribution in [0.3, 0.4) is 0 Å². The Balaban J connectivity index is 1.95. The molecule has 0 radical (unpaired) electrons. The van der Waals surface area contributed by atoms with Gasteiger partial charge in [0, 0.05) is 36.7 Å². The molecule has 0 saturated carbocycles. The Kier molecular flexibility index (Phi) is 4.79. The van der Waals surface area contributed by atoms with Gasteiger partial charge in [-0.3, -0.25) is 0 Å². The number of para-hydroxylation sites is 1. The molecule has 1 aromatic carbocycles. The molecule has 0 spiro atoms. The second-order valence-electron chi connectivity index (χ2n) is 7.06. The molecule has 0 bridgehead atoms. The van der Waals surface area contributed by atoms with E-state index in [1.807, 2.05) is 0 Å². The van der Waals surface area contributed by atoms with Gasteiger partial charge in [0.05, 0.1) is 0 Å². The standard InChI is InChI=1S/C18H27N3O/c1-13-14(15-8-6-7-9-16(15)21(13)5)10-11-19-17(22)20-12-18(2,3)4/h6-9H,10-12H2,1-5H3,(H2,19,20,22). The van der Waals surface area contributed by atoms with Crippen LogP contribution in [0.2, 0.25) is 0 Å². The van der Waals surface area contributed by atoms with Gasteiger partial charge in [0.1, 0.15) is 0 Å². The van der Waals surface area contributed by atoms with Crippen LogP contribution in [0.15, 0.2) is 24.3 Å². The number of aryl methyl sites for hydroxylation is 1. The van der Waals surface area contributed by atoms with Crippen LogP contribution < -0.4 is 10.6 Å². The number of hydrogen-bond donors (Lipinski definition) is 2. The normalized spacial score (nSPS) is 11.7. The van der Waals surface area contributed by atoms with Gasteiger partial charge in [-0.05, 0) is 30.4 Å². The summed E-state index contributed by atoms with van der Waals surface area (Å²) in [6, 6.07) is 8.32. The van der Waals surface area contributed by atoms with Crippen LogP contribution in [0.1, 0.15) is 32.0 Å². The molecule has 1 heterocycles. The lowest BCUT2D eigenvalue weighted by Crippen LogP contribution is -2.40. The molecule has 0 aliphatic heterocycles. The summed E-state index contributed by atoms with van der Waals surface area (Å²) in [5.74, 6) is 0. The molecule has 1 aromatic heterocycles. The molecule has 120 valence electrons. The molecule has 0 saturated heterocycles. The zero-order valence-corrected chi connectivity index (χ0v) is 14.3. The van der Waals surface area contributed by atoms with Gasteiger partial charge < -0.3 is 15.2 Å².